The smallest absolute Gasteiger partial charge is 0.216 e. The summed E-state index contributed by atoms with van der Waals surface area (Å²) in [4.78, 5) is 0. The molecule has 17 heavy (non-hydrogen) atoms. The molecule has 1 aromatic heterocycles. The van der Waals surface area contributed by atoms with Crippen molar-refractivity contribution in [1.82, 2.24) is 15.1 Å². The minimum absolute atomic E-state index is 0.416. The summed E-state index contributed by atoms with van der Waals surface area (Å²) >= 11 is 0. The summed E-state index contributed by atoms with van der Waals surface area (Å²) in [6.45, 7) is 5.70. The van der Waals surface area contributed by atoms with E-state index in [1.807, 2.05) is 14.0 Å². The van der Waals surface area contributed by atoms with Gasteiger partial charge in [0.25, 0.3) is 0 Å². The third kappa shape index (κ3) is 3.71. The molecule has 0 saturated carbocycles. The Hall–Kier alpha value is -1.07. The Morgan fingerprint density at radius 3 is 2.71 bits per heavy atom. The van der Waals surface area contributed by atoms with Crippen LogP contribution in [0, 0.1) is 6.92 Å². The molecule has 1 N–H and O–H groups in total. The molecule has 1 rings (SSSR count). The van der Waals surface area contributed by atoms with Gasteiger partial charge >= 0.3 is 0 Å². The van der Waals surface area contributed by atoms with Gasteiger partial charge in [-0.25, -0.2) is 4.68 Å². The zero-order valence-electron chi connectivity index (χ0n) is 11.4. The van der Waals surface area contributed by atoms with Gasteiger partial charge in [0.15, 0.2) is 0 Å². The molecule has 0 aliphatic carbocycles. The first-order valence-electron chi connectivity index (χ1n) is 5.89. The van der Waals surface area contributed by atoms with Gasteiger partial charge in [-0.05, 0) is 20.3 Å². The highest BCUT2D eigenvalue weighted by Gasteiger charge is 2.14. The van der Waals surface area contributed by atoms with Crippen molar-refractivity contribution in [2.45, 2.75) is 32.9 Å². The Kier molecular flexibility index (Phi) is 5.44. The van der Waals surface area contributed by atoms with Crippen molar-refractivity contribution < 1.29 is 9.47 Å². The second-order valence-electron chi connectivity index (χ2n) is 4.26. The van der Waals surface area contributed by atoms with Crippen LogP contribution in [0.3, 0.4) is 0 Å². The number of nitrogens with zero attached hydrogens (tertiary/aromatic N) is 2. The maximum Gasteiger partial charge on any atom is 0.216 e. The molecule has 0 aliphatic rings. The highest BCUT2D eigenvalue weighted by atomic mass is 16.5. The first-order valence-corrected chi connectivity index (χ1v) is 5.89. The standard InChI is InChI=1S/C12H23N3O2/c1-9(6-7-16-4)13-8-11-10(2)14-15(3)12(11)17-5/h9,13H,6-8H2,1-5H3. The molecular formula is C12H23N3O2. The van der Waals surface area contributed by atoms with Gasteiger partial charge in [0.1, 0.15) is 0 Å². The Bertz CT molecular complexity index is 350. The SMILES string of the molecule is COCCC(C)NCc1c(C)nn(C)c1OC. The number of hydrogen-bond donors (Lipinski definition) is 1. The molecule has 0 fully saturated rings. The van der Waals surface area contributed by atoms with Gasteiger partial charge < -0.3 is 14.8 Å². The number of rotatable bonds is 7. The van der Waals surface area contributed by atoms with Crippen LogP contribution in [0.15, 0.2) is 0 Å². The van der Waals surface area contributed by atoms with E-state index in [1.54, 1.807) is 18.9 Å². The van der Waals surface area contributed by atoms with Crippen LogP contribution in [-0.2, 0) is 18.3 Å². The number of ether oxygens (including phenoxy) is 2. The number of aromatic nitrogens is 2. The van der Waals surface area contributed by atoms with Crippen LogP contribution in [0.25, 0.3) is 0 Å². The van der Waals surface area contributed by atoms with Crippen LogP contribution in [0.5, 0.6) is 5.88 Å². The third-order valence-corrected chi connectivity index (χ3v) is 2.86. The molecule has 1 aromatic rings. The van der Waals surface area contributed by atoms with E-state index in [0.717, 1.165) is 36.7 Å². The van der Waals surface area contributed by atoms with Gasteiger partial charge in [-0.15, -0.1) is 0 Å². The van der Waals surface area contributed by atoms with Gasteiger partial charge in [-0.2, -0.15) is 5.10 Å². The minimum atomic E-state index is 0.416. The second kappa shape index (κ2) is 6.61. The summed E-state index contributed by atoms with van der Waals surface area (Å²) in [7, 11) is 5.29. The summed E-state index contributed by atoms with van der Waals surface area (Å²) in [6, 6.07) is 0.416. The fourth-order valence-corrected chi connectivity index (χ4v) is 1.81. The predicted octanol–water partition coefficient (Wildman–Crippen LogP) is 1.25. The molecule has 0 aliphatic heterocycles. The zero-order valence-corrected chi connectivity index (χ0v) is 11.4. The zero-order chi connectivity index (χ0) is 12.8. The van der Waals surface area contributed by atoms with Crippen LogP contribution >= 0.6 is 0 Å². The highest BCUT2D eigenvalue weighted by Crippen LogP contribution is 2.20. The number of nitrogens with one attached hydrogen (secondary N) is 1. The van der Waals surface area contributed by atoms with E-state index in [0.29, 0.717) is 6.04 Å². The van der Waals surface area contributed by atoms with Gasteiger partial charge in [0.2, 0.25) is 5.88 Å². The molecule has 1 unspecified atom stereocenters. The Balaban J connectivity index is 2.56. The lowest BCUT2D eigenvalue weighted by atomic mass is 10.2. The fraction of sp³-hybridized carbons (Fsp3) is 0.750. The van der Waals surface area contributed by atoms with Crippen LogP contribution in [0.2, 0.25) is 0 Å². The van der Waals surface area contributed by atoms with E-state index in [2.05, 4.69) is 17.3 Å². The molecule has 98 valence electrons. The molecule has 0 amide bonds. The first-order chi connectivity index (χ1) is 8.10. The third-order valence-electron chi connectivity index (χ3n) is 2.86. The Labute approximate surface area is 103 Å². The average molecular weight is 241 g/mol. The highest BCUT2D eigenvalue weighted by molar-refractivity contribution is 5.30. The van der Waals surface area contributed by atoms with Crippen molar-refractivity contribution in [2.75, 3.05) is 20.8 Å². The summed E-state index contributed by atoms with van der Waals surface area (Å²) < 4.78 is 12.2. The van der Waals surface area contributed by atoms with Crippen molar-refractivity contribution in [1.29, 1.82) is 0 Å². The van der Waals surface area contributed by atoms with Crippen molar-refractivity contribution in [2.24, 2.45) is 7.05 Å². The topological polar surface area (TPSA) is 48.3 Å². The molecule has 0 bridgehead atoms. The number of aryl methyl sites for hydroxylation is 2. The maximum absolute atomic E-state index is 5.35. The lowest BCUT2D eigenvalue weighted by Gasteiger charge is -2.13. The van der Waals surface area contributed by atoms with E-state index < -0.39 is 0 Å². The summed E-state index contributed by atoms with van der Waals surface area (Å²) in [6.07, 6.45) is 0.998. The maximum atomic E-state index is 5.35. The summed E-state index contributed by atoms with van der Waals surface area (Å²) in [5.41, 5.74) is 2.13. The minimum Gasteiger partial charge on any atom is -0.481 e. The average Bonchev–Trinajstić information content (AvgIpc) is 2.57. The normalized spacial score (nSPS) is 12.8. The van der Waals surface area contributed by atoms with Gasteiger partial charge in [0, 0.05) is 33.4 Å². The van der Waals surface area contributed by atoms with E-state index in [9.17, 15) is 0 Å². The monoisotopic (exact) mass is 241 g/mol. The van der Waals surface area contributed by atoms with Crippen LogP contribution in [0.4, 0.5) is 0 Å². The lowest BCUT2D eigenvalue weighted by molar-refractivity contribution is 0.184. The molecule has 5 heteroatoms. The molecule has 1 heterocycles. The number of methoxy groups -OCH3 is 2. The van der Waals surface area contributed by atoms with Gasteiger partial charge in [0.05, 0.1) is 18.4 Å². The van der Waals surface area contributed by atoms with E-state index in [-0.39, 0.29) is 0 Å². The first kappa shape index (κ1) is 14.0. The molecule has 0 radical (unpaired) electrons. The largest absolute Gasteiger partial charge is 0.481 e. The predicted molar refractivity (Wildman–Crippen MR) is 67.3 cm³/mol. The molecular weight excluding hydrogens is 218 g/mol. The number of hydrogen-bond acceptors (Lipinski definition) is 4. The fourth-order valence-electron chi connectivity index (χ4n) is 1.81. The Morgan fingerprint density at radius 2 is 2.12 bits per heavy atom. The van der Waals surface area contributed by atoms with Crippen LogP contribution < -0.4 is 10.1 Å². The second-order valence-corrected chi connectivity index (χ2v) is 4.26. The molecule has 0 spiro atoms. The van der Waals surface area contributed by atoms with E-state index in [4.69, 9.17) is 9.47 Å². The molecule has 1 atom stereocenters. The van der Waals surface area contributed by atoms with E-state index >= 15 is 0 Å². The van der Waals surface area contributed by atoms with Gasteiger partial charge in [-0.1, -0.05) is 0 Å². The quantitative estimate of drug-likeness (QED) is 0.780. The lowest BCUT2D eigenvalue weighted by Crippen LogP contribution is -2.27. The van der Waals surface area contributed by atoms with Crippen molar-refractivity contribution >= 4 is 0 Å². The molecule has 0 saturated heterocycles. The molecule has 5 nitrogen and oxygen atoms in total. The van der Waals surface area contributed by atoms with Crippen molar-refractivity contribution in [3.05, 3.63) is 11.3 Å². The Morgan fingerprint density at radius 1 is 1.41 bits per heavy atom. The molecule has 0 aromatic carbocycles. The summed E-state index contributed by atoms with van der Waals surface area (Å²) in [5, 5.41) is 7.80. The summed E-state index contributed by atoms with van der Waals surface area (Å²) in [5.74, 6) is 0.828. The van der Waals surface area contributed by atoms with Crippen molar-refractivity contribution in [3.8, 4) is 5.88 Å². The van der Waals surface area contributed by atoms with Crippen LogP contribution in [-0.4, -0.2) is 36.6 Å². The van der Waals surface area contributed by atoms with Crippen molar-refractivity contribution in [3.63, 3.8) is 0 Å². The van der Waals surface area contributed by atoms with E-state index in [1.165, 1.54) is 0 Å². The van der Waals surface area contributed by atoms with Crippen LogP contribution in [0.1, 0.15) is 24.6 Å². The van der Waals surface area contributed by atoms with Gasteiger partial charge in [-0.3, -0.25) is 0 Å².